The van der Waals surface area contributed by atoms with Gasteiger partial charge in [-0.25, -0.2) is 0 Å². The van der Waals surface area contributed by atoms with E-state index in [0.29, 0.717) is 12.8 Å². The van der Waals surface area contributed by atoms with Gasteiger partial charge in [0.25, 0.3) is 0 Å². The number of amides is 1. The number of carbonyl (C=O) groups excluding carboxylic acids is 1. The number of oxime groups is 1. The Morgan fingerprint density at radius 2 is 2.05 bits per heavy atom. The number of carbonyl (C=O) groups is 1. The topological polar surface area (TPSA) is 96.9 Å². The summed E-state index contributed by atoms with van der Waals surface area (Å²) in [5, 5.41) is 15.2. The molecule has 2 aliphatic rings. The molecule has 0 aliphatic heterocycles. The van der Waals surface area contributed by atoms with Gasteiger partial charge in [-0.3, -0.25) is 4.79 Å². The number of methoxy groups -OCH3 is 1. The number of hydrogen-bond donors (Lipinski definition) is 3. The molecule has 0 aromatic heterocycles. The maximum atomic E-state index is 12.6. The monoisotopic (exact) mass is 283 g/mol. The normalized spacial score (nSPS) is 30.1. The molecule has 4 N–H and O–H groups in total. The first kappa shape index (κ1) is 15.1. The zero-order chi connectivity index (χ0) is 14.6. The average molecular weight is 283 g/mol. The van der Waals surface area contributed by atoms with Crippen molar-refractivity contribution in [2.45, 2.75) is 63.5 Å². The van der Waals surface area contributed by atoms with Crippen molar-refractivity contribution >= 4 is 11.7 Å². The van der Waals surface area contributed by atoms with Gasteiger partial charge in [0.2, 0.25) is 5.91 Å². The van der Waals surface area contributed by atoms with Crippen LogP contribution in [0.4, 0.5) is 0 Å². The fourth-order valence-corrected chi connectivity index (χ4v) is 3.46. The fraction of sp³-hybridized carbons (Fsp3) is 0.857. The molecule has 6 heteroatoms. The smallest absolute Gasteiger partial charge is 0.234 e. The summed E-state index contributed by atoms with van der Waals surface area (Å²) in [4.78, 5) is 12.6. The molecule has 0 aromatic carbocycles. The Bertz CT molecular complexity index is 378. The van der Waals surface area contributed by atoms with E-state index in [1.54, 1.807) is 7.11 Å². The van der Waals surface area contributed by atoms with Crippen LogP contribution in [0.25, 0.3) is 0 Å². The van der Waals surface area contributed by atoms with E-state index in [-0.39, 0.29) is 23.9 Å². The molecule has 2 fully saturated rings. The summed E-state index contributed by atoms with van der Waals surface area (Å²) in [6.45, 7) is 0. The number of nitrogens with two attached hydrogens (primary N) is 1. The average Bonchev–Trinajstić information content (AvgIpc) is 2.94. The fourth-order valence-electron chi connectivity index (χ4n) is 3.46. The van der Waals surface area contributed by atoms with E-state index in [0.717, 1.165) is 38.5 Å². The maximum absolute atomic E-state index is 12.6. The zero-order valence-corrected chi connectivity index (χ0v) is 12.1. The third kappa shape index (κ3) is 2.90. The minimum Gasteiger partial charge on any atom is -0.409 e. The second-order valence-corrected chi connectivity index (χ2v) is 5.97. The predicted molar refractivity (Wildman–Crippen MR) is 75.5 cm³/mol. The lowest BCUT2D eigenvalue weighted by Gasteiger charge is -2.35. The van der Waals surface area contributed by atoms with E-state index >= 15 is 0 Å². The molecule has 0 spiro atoms. The van der Waals surface area contributed by atoms with Gasteiger partial charge in [0.1, 0.15) is 5.41 Å². The minimum atomic E-state index is -0.821. The lowest BCUT2D eigenvalue weighted by molar-refractivity contribution is -0.129. The largest absolute Gasteiger partial charge is 0.409 e. The third-order valence-electron chi connectivity index (χ3n) is 4.79. The lowest BCUT2D eigenvalue weighted by atomic mass is 9.72. The molecular weight excluding hydrogens is 258 g/mol. The van der Waals surface area contributed by atoms with Crippen molar-refractivity contribution in [1.29, 1.82) is 0 Å². The van der Waals surface area contributed by atoms with Crippen LogP contribution >= 0.6 is 0 Å². The summed E-state index contributed by atoms with van der Waals surface area (Å²) in [6, 6.07) is 0.137. The quantitative estimate of drug-likeness (QED) is 0.314. The van der Waals surface area contributed by atoms with Gasteiger partial charge in [0.05, 0.1) is 6.10 Å². The molecule has 0 bridgehead atoms. The van der Waals surface area contributed by atoms with Crippen LogP contribution in [0.2, 0.25) is 0 Å². The summed E-state index contributed by atoms with van der Waals surface area (Å²) in [7, 11) is 1.70. The SMILES string of the molecule is COC1CCC(NC(=O)C2(C(N)=NO)CCCCC2)C1. The summed E-state index contributed by atoms with van der Waals surface area (Å²) in [5.74, 6) is -0.0368. The summed E-state index contributed by atoms with van der Waals surface area (Å²) < 4.78 is 5.32. The van der Waals surface area contributed by atoms with Gasteiger partial charge in [0, 0.05) is 13.2 Å². The van der Waals surface area contributed by atoms with Gasteiger partial charge in [-0.05, 0) is 32.1 Å². The van der Waals surface area contributed by atoms with Crippen molar-refractivity contribution in [2.24, 2.45) is 16.3 Å². The molecule has 2 atom stereocenters. The summed E-state index contributed by atoms with van der Waals surface area (Å²) in [6.07, 6.45) is 7.27. The van der Waals surface area contributed by atoms with Crippen LogP contribution in [0, 0.1) is 5.41 Å². The molecule has 2 saturated carbocycles. The summed E-state index contributed by atoms with van der Waals surface area (Å²) in [5.41, 5.74) is 5.00. The molecule has 1 amide bonds. The number of hydrogen-bond acceptors (Lipinski definition) is 4. The van der Waals surface area contributed by atoms with Crippen molar-refractivity contribution in [1.82, 2.24) is 5.32 Å². The molecule has 20 heavy (non-hydrogen) atoms. The third-order valence-corrected chi connectivity index (χ3v) is 4.79. The van der Waals surface area contributed by atoms with E-state index in [1.807, 2.05) is 0 Å². The summed E-state index contributed by atoms with van der Waals surface area (Å²) >= 11 is 0. The van der Waals surface area contributed by atoms with Crippen molar-refractivity contribution in [3.05, 3.63) is 0 Å². The Morgan fingerprint density at radius 1 is 1.35 bits per heavy atom. The highest BCUT2D eigenvalue weighted by Gasteiger charge is 2.44. The second-order valence-electron chi connectivity index (χ2n) is 5.97. The Morgan fingerprint density at radius 3 is 2.60 bits per heavy atom. The highest BCUT2D eigenvalue weighted by atomic mass is 16.5. The van der Waals surface area contributed by atoms with E-state index in [4.69, 9.17) is 15.7 Å². The highest BCUT2D eigenvalue weighted by molar-refractivity contribution is 6.06. The predicted octanol–water partition coefficient (Wildman–Crippen LogP) is 1.37. The number of nitrogens with zero attached hydrogens (tertiary/aromatic N) is 1. The zero-order valence-electron chi connectivity index (χ0n) is 12.1. The Balaban J connectivity index is 2.04. The Kier molecular flexibility index (Phi) is 4.86. The molecule has 0 heterocycles. The number of rotatable bonds is 4. The molecular formula is C14H25N3O3. The van der Waals surface area contributed by atoms with Crippen molar-refractivity contribution < 1.29 is 14.7 Å². The van der Waals surface area contributed by atoms with Gasteiger partial charge in [-0.1, -0.05) is 24.4 Å². The molecule has 0 radical (unpaired) electrons. The second kappa shape index (κ2) is 6.43. The molecule has 6 nitrogen and oxygen atoms in total. The number of nitrogens with one attached hydrogen (secondary N) is 1. The van der Waals surface area contributed by atoms with Crippen molar-refractivity contribution in [3.63, 3.8) is 0 Å². The van der Waals surface area contributed by atoms with Crippen LogP contribution < -0.4 is 11.1 Å². The van der Waals surface area contributed by atoms with E-state index in [2.05, 4.69) is 10.5 Å². The Hall–Kier alpha value is -1.30. The first-order valence-electron chi connectivity index (χ1n) is 7.44. The molecule has 2 aliphatic carbocycles. The molecule has 2 rings (SSSR count). The van der Waals surface area contributed by atoms with Crippen LogP contribution in [-0.4, -0.2) is 36.2 Å². The van der Waals surface area contributed by atoms with Gasteiger partial charge in [0.15, 0.2) is 5.84 Å². The number of ether oxygens (including phenoxy) is 1. The van der Waals surface area contributed by atoms with Gasteiger partial charge >= 0.3 is 0 Å². The van der Waals surface area contributed by atoms with Crippen LogP contribution in [0.1, 0.15) is 51.4 Å². The maximum Gasteiger partial charge on any atom is 0.234 e. The number of amidine groups is 1. The first-order valence-corrected chi connectivity index (χ1v) is 7.44. The van der Waals surface area contributed by atoms with Crippen LogP contribution in [-0.2, 0) is 9.53 Å². The van der Waals surface area contributed by atoms with Crippen molar-refractivity contribution in [3.8, 4) is 0 Å². The van der Waals surface area contributed by atoms with Gasteiger partial charge < -0.3 is 21.0 Å². The van der Waals surface area contributed by atoms with Gasteiger partial charge in [-0.15, -0.1) is 0 Å². The van der Waals surface area contributed by atoms with E-state index in [9.17, 15) is 4.79 Å². The van der Waals surface area contributed by atoms with E-state index in [1.165, 1.54) is 0 Å². The Labute approximate surface area is 119 Å². The highest BCUT2D eigenvalue weighted by Crippen LogP contribution is 2.37. The molecule has 114 valence electrons. The molecule has 0 aromatic rings. The first-order chi connectivity index (χ1) is 9.62. The minimum absolute atomic E-state index is 0.0518. The molecule has 2 unspecified atom stereocenters. The van der Waals surface area contributed by atoms with Crippen LogP contribution in [0.5, 0.6) is 0 Å². The van der Waals surface area contributed by atoms with Crippen molar-refractivity contribution in [2.75, 3.05) is 7.11 Å². The van der Waals surface area contributed by atoms with Gasteiger partial charge in [-0.2, -0.15) is 0 Å². The lowest BCUT2D eigenvalue weighted by Crippen LogP contribution is -2.53. The van der Waals surface area contributed by atoms with Crippen LogP contribution in [0.3, 0.4) is 0 Å². The standard InChI is InChI=1S/C14H25N3O3/c1-20-11-6-5-10(9-11)16-13(18)14(12(15)17-19)7-3-2-4-8-14/h10-11,19H,2-9H2,1H3,(H2,15,17)(H,16,18). The van der Waals surface area contributed by atoms with Crippen LogP contribution in [0.15, 0.2) is 5.16 Å². The molecule has 0 saturated heterocycles. The van der Waals surface area contributed by atoms with E-state index < -0.39 is 5.41 Å².